The number of nitrogens with two attached hydrogens (primary N) is 1. The Bertz CT molecular complexity index is 419. The molecule has 0 saturated heterocycles. The molecule has 1 aromatic rings. The fourth-order valence-electron chi connectivity index (χ4n) is 2.34. The second-order valence-corrected chi connectivity index (χ2v) is 5.45. The molecular weight excluding hydrogens is 255 g/mol. The predicted molar refractivity (Wildman–Crippen MR) is 81.4 cm³/mol. The van der Waals surface area contributed by atoms with Crippen molar-refractivity contribution in [3.63, 3.8) is 0 Å². The summed E-state index contributed by atoms with van der Waals surface area (Å²) < 4.78 is 18.7. The van der Waals surface area contributed by atoms with Gasteiger partial charge >= 0.3 is 0 Å². The lowest BCUT2D eigenvalue weighted by Crippen LogP contribution is -2.51. The minimum Gasteiger partial charge on any atom is -0.494 e. The first kappa shape index (κ1) is 16.9. The molecule has 0 heterocycles. The highest BCUT2D eigenvalue weighted by Gasteiger charge is 2.28. The maximum Gasteiger partial charge on any atom is 0.165 e. The van der Waals surface area contributed by atoms with E-state index >= 15 is 0 Å². The number of nitrogens with zero attached hydrogens (tertiary/aromatic N) is 1. The molecule has 1 rings (SSSR count). The highest BCUT2D eigenvalue weighted by molar-refractivity contribution is 5.29. The Morgan fingerprint density at radius 2 is 2.05 bits per heavy atom. The van der Waals surface area contributed by atoms with Gasteiger partial charge in [0.1, 0.15) is 0 Å². The topological polar surface area (TPSA) is 38.5 Å². The quantitative estimate of drug-likeness (QED) is 0.796. The van der Waals surface area contributed by atoms with Crippen molar-refractivity contribution in [1.82, 2.24) is 4.90 Å². The summed E-state index contributed by atoms with van der Waals surface area (Å²) in [6.07, 6.45) is 2.02. The van der Waals surface area contributed by atoms with Crippen LogP contribution in [0.15, 0.2) is 18.2 Å². The van der Waals surface area contributed by atoms with Crippen LogP contribution in [0.5, 0.6) is 5.75 Å². The average Bonchev–Trinajstić information content (AvgIpc) is 2.46. The molecule has 1 atom stereocenters. The second kappa shape index (κ2) is 7.60. The van der Waals surface area contributed by atoms with E-state index in [1.165, 1.54) is 7.11 Å². The molecule has 0 radical (unpaired) electrons. The highest BCUT2D eigenvalue weighted by atomic mass is 19.1. The van der Waals surface area contributed by atoms with Gasteiger partial charge in [-0.1, -0.05) is 19.9 Å². The molecule has 4 heteroatoms. The van der Waals surface area contributed by atoms with Gasteiger partial charge in [-0.3, -0.25) is 4.90 Å². The minimum atomic E-state index is -0.313. The van der Waals surface area contributed by atoms with Gasteiger partial charge in [0.15, 0.2) is 11.6 Å². The van der Waals surface area contributed by atoms with E-state index in [0.717, 1.165) is 24.9 Å². The van der Waals surface area contributed by atoms with Crippen molar-refractivity contribution in [3.05, 3.63) is 29.6 Å². The zero-order valence-electron chi connectivity index (χ0n) is 13.1. The molecule has 0 amide bonds. The molecule has 20 heavy (non-hydrogen) atoms. The Labute approximate surface area is 121 Å². The summed E-state index contributed by atoms with van der Waals surface area (Å²) >= 11 is 0. The van der Waals surface area contributed by atoms with Gasteiger partial charge in [-0.15, -0.1) is 0 Å². The van der Waals surface area contributed by atoms with Crippen molar-refractivity contribution in [1.29, 1.82) is 0 Å². The number of hydrogen-bond donors (Lipinski definition) is 1. The Morgan fingerprint density at radius 1 is 1.35 bits per heavy atom. The van der Waals surface area contributed by atoms with Crippen LogP contribution in [-0.2, 0) is 6.54 Å². The second-order valence-electron chi connectivity index (χ2n) is 5.45. The normalized spacial score (nSPS) is 14.3. The minimum absolute atomic E-state index is 0.0492. The summed E-state index contributed by atoms with van der Waals surface area (Å²) in [5.74, 6) is -0.0275. The summed E-state index contributed by atoms with van der Waals surface area (Å²) in [6, 6.07) is 5.14. The molecule has 0 spiro atoms. The summed E-state index contributed by atoms with van der Waals surface area (Å²) in [5, 5.41) is 0. The van der Waals surface area contributed by atoms with Crippen molar-refractivity contribution >= 4 is 0 Å². The van der Waals surface area contributed by atoms with E-state index in [2.05, 4.69) is 25.7 Å². The fraction of sp³-hybridized carbons (Fsp3) is 0.625. The van der Waals surface area contributed by atoms with Crippen LogP contribution in [0, 0.1) is 5.82 Å². The smallest absolute Gasteiger partial charge is 0.165 e. The van der Waals surface area contributed by atoms with Gasteiger partial charge in [0.25, 0.3) is 0 Å². The molecule has 2 N–H and O–H groups in total. The lowest BCUT2D eigenvalue weighted by atomic mass is 9.95. The molecule has 0 saturated carbocycles. The standard InChI is InChI=1S/C16H27FN2O/c1-5-9-19(16(3,6-2)12-18)11-13-7-8-15(20-4)14(17)10-13/h7-8,10H,5-6,9,11-12,18H2,1-4H3. The molecule has 0 bridgehead atoms. The van der Waals surface area contributed by atoms with Gasteiger partial charge in [0.05, 0.1) is 7.11 Å². The third-order valence-corrected chi connectivity index (χ3v) is 4.05. The Kier molecular flexibility index (Phi) is 6.43. The molecule has 3 nitrogen and oxygen atoms in total. The van der Waals surface area contributed by atoms with E-state index in [9.17, 15) is 4.39 Å². The van der Waals surface area contributed by atoms with Crippen LogP contribution in [0.3, 0.4) is 0 Å². The first-order valence-corrected chi connectivity index (χ1v) is 7.28. The first-order chi connectivity index (χ1) is 9.50. The van der Waals surface area contributed by atoms with Crippen LogP contribution in [0.1, 0.15) is 39.2 Å². The van der Waals surface area contributed by atoms with E-state index in [4.69, 9.17) is 10.5 Å². The third-order valence-electron chi connectivity index (χ3n) is 4.05. The van der Waals surface area contributed by atoms with Gasteiger partial charge in [0.2, 0.25) is 0 Å². The SMILES string of the molecule is CCCN(Cc1ccc(OC)c(F)c1)C(C)(CC)CN. The molecule has 1 aromatic carbocycles. The van der Waals surface area contributed by atoms with Crippen LogP contribution >= 0.6 is 0 Å². The number of hydrogen-bond acceptors (Lipinski definition) is 3. The summed E-state index contributed by atoms with van der Waals surface area (Å²) in [6.45, 7) is 8.72. The molecular formula is C16H27FN2O. The van der Waals surface area contributed by atoms with E-state index in [0.29, 0.717) is 13.1 Å². The molecule has 0 fully saturated rings. The Hall–Kier alpha value is -1.13. The van der Waals surface area contributed by atoms with Gasteiger partial charge < -0.3 is 10.5 Å². The molecule has 0 aliphatic rings. The van der Waals surface area contributed by atoms with Gasteiger partial charge in [-0.2, -0.15) is 0 Å². The highest BCUT2D eigenvalue weighted by Crippen LogP contribution is 2.24. The van der Waals surface area contributed by atoms with Gasteiger partial charge in [-0.25, -0.2) is 4.39 Å². The number of benzene rings is 1. The largest absolute Gasteiger partial charge is 0.494 e. The molecule has 1 unspecified atom stereocenters. The maximum atomic E-state index is 13.8. The monoisotopic (exact) mass is 282 g/mol. The van der Waals surface area contributed by atoms with Crippen LogP contribution in [-0.4, -0.2) is 30.6 Å². The summed E-state index contributed by atoms with van der Waals surface area (Å²) in [5.41, 5.74) is 6.84. The van der Waals surface area contributed by atoms with E-state index in [1.54, 1.807) is 12.1 Å². The number of ether oxygens (including phenoxy) is 1. The molecule has 0 aromatic heterocycles. The van der Waals surface area contributed by atoms with Gasteiger partial charge in [-0.05, 0) is 44.0 Å². The summed E-state index contributed by atoms with van der Waals surface area (Å²) in [4.78, 5) is 2.34. The average molecular weight is 282 g/mol. The lowest BCUT2D eigenvalue weighted by molar-refractivity contribution is 0.0971. The van der Waals surface area contributed by atoms with Crippen molar-refractivity contribution < 1.29 is 9.13 Å². The fourth-order valence-corrected chi connectivity index (χ4v) is 2.34. The zero-order valence-corrected chi connectivity index (χ0v) is 13.1. The van der Waals surface area contributed by atoms with Crippen LogP contribution in [0.4, 0.5) is 4.39 Å². The van der Waals surface area contributed by atoms with Gasteiger partial charge in [0, 0.05) is 18.6 Å². The van der Waals surface area contributed by atoms with Crippen molar-refractivity contribution in [2.45, 2.75) is 45.7 Å². The van der Waals surface area contributed by atoms with E-state index in [-0.39, 0.29) is 17.1 Å². The molecule has 114 valence electrons. The van der Waals surface area contributed by atoms with Crippen molar-refractivity contribution in [2.75, 3.05) is 20.2 Å². The number of halogens is 1. The number of methoxy groups -OCH3 is 1. The zero-order chi connectivity index (χ0) is 15.2. The van der Waals surface area contributed by atoms with Crippen LogP contribution in [0.25, 0.3) is 0 Å². The number of rotatable bonds is 8. The van der Waals surface area contributed by atoms with Crippen LogP contribution < -0.4 is 10.5 Å². The first-order valence-electron chi connectivity index (χ1n) is 7.28. The lowest BCUT2D eigenvalue weighted by Gasteiger charge is -2.40. The Morgan fingerprint density at radius 3 is 2.50 bits per heavy atom. The Balaban J connectivity index is 2.93. The predicted octanol–water partition coefficient (Wildman–Crippen LogP) is 3.17. The molecule has 0 aliphatic heterocycles. The summed E-state index contributed by atoms with van der Waals surface area (Å²) in [7, 11) is 1.48. The molecule has 0 aliphatic carbocycles. The third kappa shape index (κ3) is 3.93. The van der Waals surface area contributed by atoms with Crippen molar-refractivity contribution in [2.24, 2.45) is 5.73 Å². The van der Waals surface area contributed by atoms with E-state index in [1.807, 2.05) is 6.07 Å². The van der Waals surface area contributed by atoms with E-state index < -0.39 is 0 Å². The van der Waals surface area contributed by atoms with Crippen molar-refractivity contribution in [3.8, 4) is 5.75 Å². The maximum absolute atomic E-state index is 13.8. The van der Waals surface area contributed by atoms with Crippen LogP contribution in [0.2, 0.25) is 0 Å².